The van der Waals surface area contributed by atoms with E-state index in [-0.39, 0.29) is 22.7 Å². The summed E-state index contributed by atoms with van der Waals surface area (Å²) in [5, 5.41) is 3.54. The molecule has 0 aromatic heterocycles. The van der Waals surface area contributed by atoms with Crippen molar-refractivity contribution in [1.82, 2.24) is 0 Å². The van der Waals surface area contributed by atoms with Crippen LogP contribution in [0.4, 0.5) is 14.5 Å². The summed E-state index contributed by atoms with van der Waals surface area (Å²) in [6, 6.07) is 13.3. The lowest BCUT2D eigenvalue weighted by atomic mass is 10.2. The molecule has 0 saturated carbocycles. The number of nitrogens with one attached hydrogen (secondary N) is 1. The molecular weight excluding hydrogens is 356 g/mol. The van der Waals surface area contributed by atoms with Gasteiger partial charge < -0.3 is 10.1 Å². The number of carbonyl (C=O) groups is 1. The van der Waals surface area contributed by atoms with Crippen LogP contribution in [0.2, 0.25) is 5.02 Å². The summed E-state index contributed by atoms with van der Waals surface area (Å²) < 4.78 is 28.4. The maximum Gasteiger partial charge on any atom is 0.387 e. The molecule has 2 rings (SSSR count). The Morgan fingerprint density at radius 2 is 1.79 bits per heavy atom. The number of hydrogen-bond acceptors (Lipinski definition) is 3. The van der Waals surface area contributed by atoms with E-state index in [0.29, 0.717) is 10.7 Å². The van der Waals surface area contributed by atoms with Crippen LogP contribution in [-0.2, 0) is 4.79 Å². The lowest BCUT2D eigenvalue weighted by molar-refractivity contribution is -0.113. The van der Waals surface area contributed by atoms with Crippen molar-refractivity contribution in [2.24, 2.45) is 0 Å². The Labute approximate surface area is 148 Å². The van der Waals surface area contributed by atoms with Crippen LogP contribution in [-0.4, -0.2) is 18.3 Å². The fourth-order valence-corrected chi connectivity index (χ4v) is 2.90. The lowest BCUT2D eigenvalue weighted by Crippen LogP contribution is -2.14. The van der Waals surface area contributed by atoms with Crippen molar-refractivity contribution in [3.63, 3.8) is 0 Å². The predicted molar refractivity (Wildman–Crippen MR) is 94.0 cm³/mol. The molecule has 0 radical (unpaired) electrons. The number of rotatable bonds is 7. The van der Waals surface area contributed by atoms with Gasteiger partial charge in [-0.1, -0.05) is 23.7 Å². The van der Waals surface area contributed by atoms with E-state index >= 15 is 0 Å². The molecule has 1 unspecified atom stereocenters. The molecule has 0 heterocycles. The molecule has 128 valence electrons. The van der Waals surface area contributed by atoms with Crippen LogP contribution in [0.25, 0.3) is 0 Å². The molecule has 1 N–H and O–H groups in total. The number of alkyl halides is 2. The van der Waals surface area contributed by atoms with Gasteiger partial charge in [0.15, 0.2) is 0 Å². The van der Waals surface area contributed by atoms with E-state index in [9.17, 15) is 13.6 Å². The Kier molecular flexibility index (Phi) is 6.87. The first kappa shape index (κ1) is 18.5. The van der Waals surface area contributed by atoms with Gasteiger partial charge in [0.25, 0.3) is 0 Å². The van der Waals surface area contributed by atoms with E-state index in [1.807, 2.05) is 31.2 Å². The van der Waals surface area contributed by atoms with Crippen LogP contribution < -0.4 is 10.1 Å². The van der Waals surface area contributed by atoms with E-state index in [4.69, 9.17) is 11.6 Å². The van der Waals surface area contributed by atoms with Gasteiger partial charge in [-0.05, 0) is 48.9 Å². The lowest BCUT2D eigenvalue weighted by Gasteiger charge is -2.12. The predicted octanol–water partition coefficient (Wildman–Crippen LogP) is 5.37. The van der Waals surface area contributed by atoms with Gasteiger partial charge in [0.1, 0.15) is 5.75 Å². The molecule has 0 saturated heterocycles. The highest BCUT2D eigenvalue weighted by molar-refractivity contribution is 8.00. The maximum atomic E-state index is 12.1. The van der Waals surface area contributed by atoms with E-state index in [2.05, 4.69) is 10.1 Å². The van der Waals surface area contributed by atoms with Crippen molar-refractivity contribution in [3.05, 3.63) is 59.1 Å². The van der Waals surface area contributed by atoms with Crippen molar-refractivity contribution in [2.75, 3.05) is 11.1 Å². The monoisotopic (exact) mass is 371 g/mol. The Bertz CT molecular complexity index is 665. The molecule has 3 nitrogen and oxygen atoms in total. The van der Waals surface area contributed by atoms with Crippen LogP contribution in [0.1, 0.15) is 17.7 Å². The number of amides is 1. The zero-order chi connectivity index (χ0) is 17.5. The first-order chi connectivity index (χ1) is 11.4. The molecule has 7 heteroatoms. The van der Waals surface area contributed by atoms with Gasteiger partial charge in [-0.15, -0.1) is 11.8 Å². The number of benzene rings is 2. The van der Waals surface area contributed by atoms with Crippen molar-refractivity contribution in [1.29, 1.82) is 0 Å². The summed E-state index contributed by atoms with van der Waals surface area (Å²) >= 11 is 7.35. The molecule has 0 aliphatic heterocycles. The zero-order valence-electron chi connectivity index (χ0n) is 12.8. The molecule has 1 atom stereocenters. The summed E-state index contributed by atoms with van der Waals surface area (Å²) in [5.41, 5.74) is 1.62. The summed E-state index contributed by atoms with van der Waals surface area (Å²) in [6.45, 7) is -0.853. The third-order valence-corrected chi connectivity index (χ3v) is 4.62. The fourth-order valence-electron chi connectivity index (χ4n) is 1.95. The minimum absolute atomic E-state index is 0.0498. The molecular formula is C17H16ClF2NO2S. The molecule has 1 amide bonds. The van der Waals surface area contributed by atoms with Crippen molar-refractivity contribution in [3.8, 4) is 5.75 Å². The number of thioether (sulfide) groups is 1. The minimum atomic E-state index is -2.86. The average molecular weight is 372 g/mol. The van der Waals surface area contributed by atoms with E-state index in [0.717, 1.165) is 5.56 Å². The van der Waals surface area contributed by atoms with Crippen LogP contribution in [0.15, 0.2) is 48.5 Å². The molecule has 0 aliphatic rings. The second kappa shape index (κ2) is 8.89. The topological polar surface area (TPSA) is 38.3 Å². The van der Waals surface area contributed by atoms with Crippen molar-refractivity contribution >= 4 is 35.0 Å². The highest BCUT2D eigenvalue weighted by Gasteiger charge is 2.10. The minimum Gasteiger partial charge on any atom is -0.435 e. The number of halogens is 3. The van der Waals surface area contributed by atoms with Gasteiger partial charge in [0, 0.05) is 16.0 Å². The molecule has 2 aromatic carbocycles. The Morgan fingerprint density at radius 3 is 2.38 bits per heavy atom. The number of ether oxygens (including phenoxy) is 1. The van der Waals surface area contributed by atoms with Crippen molar-refractivity contribution in [2.45, 2.75) is 18.8 Å². The van der Waals surface area contributed by atoms with Gasteiger partial charge in [0.2, 0.25) is 5.91 Å². The molecule has 0 spiro atoms. The van der Waals surface area contributed by atoms with Crippen LogP contribution in [0, 0.1) is 0 Å². The second-order valence-electron chi connectivity index (χ2n) is 4.96. The summed E-state index contributed by atoms with van der Waals surface area (Å²) in [4.78, 5) is 12.0. The highest BCUT2D eigenvalue weighted by atomic mass is 35.5. The van der Waals surface area contributed by atoms with Crippen LogP contribution in [0.5, 0.6) is 5.75 Å². The Morgan fingerprint density at radius 1 is 1.17 bits per heavy atom. The second-order valence-corrected chi connectivity index (χ2v) is 6.72. The SMILES string of the molecule is CC(SCC(=O)Nc1ccc(OC(F)F)cc1)c1ccc(Cl)cc1. The standard InChI is InChI=1S/C17H16ClF2NO2S/c1-11(12-2-4-13(18)5-3-12)24-10-16(22)21-14-6-8-15(9-7-14)23-17(19)20/h2-9,11,17H,10H2,1H3,(H,21,22). The maximum absolute atomic E-state index is 12.1. The third kappa shape index (κ3) is 6.02. The molecule has 0 bridgehead atoms. The summed E-state index contributed by atoms with van der Waals surface area (Å²) in [6.07, 6.45) is 0. The quantitative estimate of drug-likeness (QED) is 0.710. The Balaban J connectivity index is 1.81. The van der Waals surface area contributed by atoms with Gasteiger partial charge in [-0.3, -0.25) is 4.79 Å². The Hall–Kier alpha value is -1.79. The normalized spacial score (nSPS) is 12.0. The average Bonchev–Trinajstić information content (AvgIpc) is 2.54. The first-order valence-electron chi connectivity index (χ1n) is 7.16. The van der Waals surface area contributed by atoms with E-state index in [1.54, 1.807) is 0 Å². The number of carbonyl (C=O) groups excluding carboxylic acids is 1. The number of anilines is 1. The van der Waals surface area contributed by atoms with Gasteiger partial charge in [-0.25, -0.2) is 0 Å². The van der Waals surface area contributed by atoms with Gasteiger partial charge in [-0.2, -0.15) is 8.78 Å². The zero-order valence-corrected chi connectivity index (χ0v) is 14.4. The molecule has 24 heavy (non-hydrogen) atoms. The first-order valence-corrected chi connectivity index (χ1v) is 8.58. The highest BCUT2D eigenvalue weighted by Crippen LogP contribution is 2.29. The van der Waals surface area contributed by atoms with Gasteiger partial charge in [0.05, 0.1) is 5.75 Å². The van der Waals surface area contributed by atoms with Crippen LogP contribution in [0.3, 0.4) is 0 Å². The molecule has 2 aromatic rings. The van der Waals surface area contributed by atoms with E-state index < -0.39 is 6.61 Å². The summed E-state index contributed by atoms with van der Waals surface area (Å²) in [7, 11) is 0. The van der Waals surface area contributed by atoms with Gasteiger partial charge >= 0.3 is 6.61 Å². The van der Waals surface area contributed by atoms with Crippen LogP contribution >= 0.6 is 23.4 Å². The smallest absolute Gasteiger partial charge is 0.387 e. The van der Waals surface area contributed by atoms with Crippen molar-refractivity contribution < 1.29 is 18.3 Å². The largest absolute Gasteiger partial charge is 0.435 e. The fraction of sp³-hybridized carbons (Fsp3) is 0.235. The van der Waals surface area contributed by atoms with E-state index in [1.165, 1.54) is 36.0 Å². The number of hydrogen-bond donors (Lipinski definition) is 1. The summed E-state index contributed by atoms with van der Waals surface area (Å²) in [5.74, 6) is 0.163. The third-order valence-electron chi connectivity index (χ3n) is 3.17. The molecule has 0 aliphatic carbocycles. The molecule has 0 fully saturated rings.